The Kier molecular flexibility index (Phi) is 3.62. The molecule has 3 rings (SSSR count). The van der Waals surface area contributed by atoms with Crippen molar-refractivity contribution in [3.8, 4) is 0 Å². The van der Waals surface area contributed by atoms with E-state index in [4.69, 9.17) is 5.73 Å². The molecule has 0 radical (unpaired) electrons. The second kappa shape index (κ2) is 5.41. The fourth-order valence-electron chi connectivity index (χ4n) is 1.69. The van der Waals surface area contributed by atoms with Gasteiger partial charge in [-0.05, 0) is 0 Å². The number of nitrogens with zero attached hydrogens (tertiary/aromatic N) is 3. The van der Waals surface area contributed by atoms with Crippen LogP contribution in [0.5, 0.6) is 0 Å². The number of carbonyl (C=O) groups excluding carboxylic acids is 1. The Labute approximate surface area is 125 Å². The van der Waals surface area contributed by atoms with Crippen LogP contribution in [-0.4, -0.2) is 33.8 Å². The van der Waals surface area contributed by atoms with E-state index in [2.05, 4.69) is 18.3 Å². The summed E-state index contributed by atoms with van der Waals surface area (Å²) in [5.74, 6) is -0.254. The van der Waals surface area contributed by atoms with Crippen LogP contribution in [0.15, 0.2) is 23.6 Å². The molecular formula is C12H11N5OSSe. The zero-order valence-corrected chi connectivity index (χ0v) is 13.1. The average Bonchev–Trinajstić information content (AvgIpc) is 3.08. The number of nitrogens with two attached hydrogens (primary N) is 1. The molecule has 0 spiro atoms. The Morgan fingerprint density at radius 3 is 3.05 bits per heavy atom. The summed E-state index contributed by atoms with van der Waals surface area (Å²) in [7, 11) is 0. The molecule has 1 amide bonds. The summed E-state index contributed by atoms with van der Waals surface area (Å²) in [6, 6.07) is 5.39. The summed E-state index contributed by atoms with van der Waals surface area (Å²) in [5.41, 5.74) is 8.38. The van der Waals surface area contributed by atoms with Crippen LogP contribution >= 0.6 is 11.3 Å². The standard InChI is InChI=1S/C12H11N5OSSe/c1-6(13)12-15-9(5-19-12)11(18)14-7-3-2-4-8-10(7)17-20-16-8/h2-6H,13H2,1H3,(H,14,18). The summed E-state index contributed by atoms with van der Waals surface area (Å²) < 4.78 is 8.60. The molecule has 0 aliphatic rings. The number of thiazole rings is 1. The van der Waals surface area contributed by atoms with E-state index in [1.807, 2.05) is 25.1 Å². The molecule has 1 atom stereocenters. The maximum absolute atomic E-state index is 12.2. The van der Waals surface area contributed by atoms with E-state index in [0.29, 0.717) is 11.4 Å². The summed E-state index contributed by atoms with van der Waals surface area (Å²) in [5, 5.41) is 5.29. The molecule has 0 aliphatic heterocycles. The molecular weight excluding hydrogens is 341 g/mol. The van der Waals surface area contributed by atoms with Crippen molar-refractivity contribution in [2.75, 3.05) is 5.32 Å². The van der Waals surface area contributed by atoms with E-state index in [0.717, 1.165) is 16.0 Å². The number of carbonyl (C=O) groups is 1. The van der Waals surface area contributed by atoms with Gasteiger partial charge in [0.1, 0.15) is 0 Å². The Morgan fingerprint density at radius 1 is 1.45 bits per heavy atom. The Bertz CT molecular complexity index is 766. The number of fused-ring (bicyclic) bond motifs is 1. The third-order valence-corrected chi connectivity index (χ3v) is 4.86. The van der Waals surface area contributed by atoms with Crippen molar-refractivity contribution in [2.24, 2.45) is 5.73 Å². The van der Waals surface area contributed by atoms with E-state index >= 15 is 0 Å². The van der Waals surface area contributed by atoms with Crippen LogP contribution in [-0.2, 0) is 0 Å². The third-order valence-electron chi connectivity index (χ3n) is 2.68. The number of hydrogen-bond donors (Lipinski definition) is 2. The van der Waals surface area contributed by atoms with Crippen molar-refractivity contribution in [2.45, 2.75) is 13.0 Å². The fraction of sp³-hybridized carbons (Fsp3) is 0.167. The normalized spacial score (nSPS) is 12.5. The molecule has 0 fully saturated rings. The molecule has 2 heterocycles. The first kappa shape index (κ1) is 13.4. The second-order valence-electron chi connectivity index (χ2n) is 4.25. The van der Waals surface area contributed by atoms with Crippen molar-refractivity contribution in [3.05, 3.63) is 34.3 Å². The first-order valence-electron chi connectivity index (χ1n) is 5.89. The predicted octanol–water partition coefficient (Wildman–Crippen LogP) is 1.42. The molecule has 0 bridgehead atoms. The van der Waals surface area contributed by atoms with Crippen LogP contribution in [0.3, 0.4) is 0 Å². The topological polar surface area (TPSA) is 93.8 Å². The number of benzene rings is 1. The summed E-state index contributed by atoms with van der Waals surface area (Å²) in [4.78, 5) is 16.4. The Morgan fingerprint density at radius 2 is 2.30 bits per heavy atom. The molecule has 3 aromatic rings. The van der Waals surface area contributed by atoms with Gasteiger partial charge in [0.15, 0.2) is 0 Å². The number of rotatable bonds is 3. The van der Waals surface area contributed by atoms with Crippen LogP contribution < -0.4 is 11.1 Å². The van der Waals surface area contributed by atoms with Gasteiger partial charge in [0.05, 0.1) is 0 Å². The predicted molar refractivity (Wildman–Crippen MR) is 79.1 cm³/mol. The van der Waals surface area contributed by atoms with Crippen LogP contribution in [0.1, 0.15) is 28.5 Å². The van der Waals surface area contributed by atoms with Crippen molar-refractivity contribution in [3.63, 3.8) is 0 Å². The summed E-state index contributed by atoms with van der Waals surface area (Å²) in [6.45, 7) is 1.84. The Balaban J connectivity index is 1.86. The van der Waals surface area contributed by atoms with E-state index in [9.17, 15) is 4.79 Å². The van der Waals surface area contributed by atoms with Crippen molar-refractivity contribution < 1.29 is 4.79 Å². The summed E-state index contributed by atoms with van der Waals surface area (Å²) in [6.07, 6.45) is 0. The average molecular weight is 352 g/mol. The number of anilines is 1. The molecule has 8 heteroatoms. The maximum atomic E-state index is 12.2. The molecule has 20 heavy (non-hydrogen) atoms. The van der Waals surface area contributed by atoms with Crippen molar-refractivity contribution in [1.29, 1.82) is 0 Å². The van der Waals surface area contributed by atoms with Gasteiger partial charge in [-0.15, -0.1) is 0 Å². The first-order chi connectivity index (χ1) is 9.65. The van der Waals surface area contributed by atoms with Crippen LogP contribution in [0.2, 0.25) is 0 Å². The van der Waals surface area contributed by atoms with Gasteiger partial charge in [-0.25, -0.2) is 0 Å². The third kappa shape index (κ3) is 2.51. The van der Waals surface area contributed by atoms with Crippen LogP contribution in [0.4, 0.5) is 5.69 Å². The number of aromatic nitrogens is 3. The van der Waals surface area contributed by atoms with Crippen molar-refractivity contribution >= 4 is 48.9 Å². The minimum atomic E-state index is -0.254. The van der Waals surface area contributed by atoms with Gasteiger partial charge in [0, 0.05) is 0 Å². The van der Waals surface area contributed by atoms with Crippen molar-refractivity contribution in [1.82, 2.24) is 12.9 Å². The van der Waals surface area contributed by atoms with Gasteiger partial charge in [0.2, 0.25) is 0 Å². The number of hydrogen-bond acceptors (Lipinski definition) is 6. The monoisotopic (exact) mass is 353 g/mol. The molecule has 102 valence electrons. The SMILES string of the molecule is CC(N)c1nc(C(=O)Nc2cccc3n[se]nc23)cs1. The van der Waals surface area contributed by atoms with E-state index in [-0.39, 0.29) is 26.9 Å². The molecule has 0 aliphatic carbocycles. The molecule has 6 nitrogen and oxygen atoms in total. The van der Waals surface area contributed by atoms with Gasteiger partial charge < -0.3 is 0 Å². The van der Waals surface area contributed by atoms with E-state index in [1.54, 1.807) is 5.38 Å². The van der Waals surface area contributed by atoms with Gasteiger partial charge in [-0.1, -0.05) is 0 Å². The zero-order valence-electron chi connectivity index (χ0n) is 10.5. The summed E-state index contributed by atoms with van der Waals surface area (Å²) >= 11 is 1.27. The molecule has 2 aromatic heterocycles. The van der Waals surface area contributed by atoms with Crippen LogP contribution in [0, 0.1) is 0 Å². The van der Waals surface area contributed by atoms with E-state index < -0.39 is 0 Å². The molecule has 1 unspecified atom stereocenters. The van der Waals surface area contributed by atoms with Gasteiger partial charge in [0.25, 0.3) is 0 Å². The fourth-order valence-corrected chi connectivity index (χ4v) is 3.61. The minimum absolute atomic E-state index is 0.119. The zero-order chi connectivity index (χ0) is 14.1. The van der Waals surface area contributed by atoms with Gasteiger partial charge >= 0.3 is 125 Å². The Hall–Kier alpha value is -1.60. The first-order valence-corrected chi connectivity index (χ1v) is 8.30. The van der Waals surface area contributed by atoms with Crippen LogP contribution in [0.25, 0.3) is 11.0 Å². The molecule has 0 saturated heterocycles. The second-order valence-corrected chi connectivity index (χ2v) is 6.25. The number of amides is 1. The molecule has 1 aromatic carbocycles. The quantitative estimate of drug-likeness (QED) is 0.696. The molecule has 3 N–H and O–H groups in total. The molecule has 0 saturated carbocycles. The van der Waals surface area contributed by atoms with Gasteiger partial charge in [-0.2, -0.15) is 0 Å². The van der Waals surface area contributed by atoms with Gasteiger partial charge in [-0.3, -0.25) is 0 Å². The van der Waals surface area contributed by atoms with E-state index in [1.165, 1.54) is 11.3 Å². The number of nitrogens with one attached hydrogen (secondary N) is 1.